The molecule has 0 aliphatic carbocycles. The van der Waals surface area contributed by atoms with Gasteiger partial charge in [-0.3, -0.25) is 9.78 Å². The van der Waals surface area contributed by atoms with Gasteiger partial charge in [-0.1, -0.05) is 0 Å². The second kappa shape index (κ2) is 6.92. The number of piperazine rings is 1. The number of benzene rings is 1. The fraction of sp³-hybridized carbons (Fsp3) is 0.353. The van der Waals surface area contributed by atoms with E-state index in [0.29, 0.717) is 30.1 Å². The molecule has 7 heteroatoms. The van der Waals surface area contributed by atoms with Crippen molar-refractivity contribution in [2.45, 2.75) is 0 Å². The summed E-state index contributed by atoms with van der Waals surface area (Å²) in [6.07, 6.45) is 2.94. The summed E-state index contributed by atoms with van der Waals surface area (Å²) in [5.41, 5.74) is 1.13. The molecular formula is C17H19FN4O2. The van der Waals surface area contributed by atoms with Crippen LogP contribution in [-0.4, -0.2) is 66.0 Å². The molecule has 3 rings (SSSR count). The van der Waals surface area contributed by atoms with Crippen LogP contribution in [0.2, 0.25) is 0 Å². The van der Waals surface area contributed by atoms with E-state index in [4.69, 9.17) is 4.74 Å². The van der Waals surface area contributed by atoms with Gasteiger partial charge in [0.25, 0.3) is 5.91 Å². The van der Waals surface area contributed by atoms with Crippen LogP contribution in [0.3, 0.4) is 0 Å². The topological polar surface area (TPSA) is 58.6 Å². The Morgan fingerprint density at radius 3 is 2.67 bits per heavy atom. The number of amides is 1. The van der Waals surface area contributed by atoms with Gasteiger partial charge in [-0.25, -0.2) is 9.37 Å². The zero-order chi connectivity index (χ0) is 17.1. The van der Waals surface area contributed by atoms with Crippen molar-refractivity contribution < 1.29 is 13.9 Å². The third-order valence-electron chi connectivity index (χ3n) is 4.08. The minimum Gasteiger partial charge on any atom is -0.496 e. The third kappa shape index (κ3) is 3.35. The Balaban J connectivity index is 1.89. The summed E-state index contributed by atoms with van der Waals surface area (Å²) in [6.45, 7) is 2.97. The van der Waals surface area contributed by atoms with Crippen molar-refractivity contribution in [1.82, 2.24) is 19.8 Å². The van der Waals surface area contributed by atoms with E-state index >= 15 is 0 Å². The molecule has 0 saturated carbocycles. The maximum Gasteiger partial charge on any atom is 0.274 e. The van der Waals surface area contributed by atoms with Crippen molar-refractivity contribution in [1.29, 1.82) is 0 Å². The number of likely N-dealkylation sites (N-methyl/N-ethyl adjacent to an activating group) is 1. The second-order valence-corrected chi connectivity index (χ2v) is 5.73. The highest BCUT2D eigenvalue weighted by Crippen LogP contribution is 2.29. The maximum absolute atomic E-state index is 13.6. The van der Waals surface area contributed by atoms with Crippen LogP contribution in [0.4, 0.5) is 4.39 Å². The smallest absolute Gasteiger partial charge is 0.274 e. The van der Waals surface area contributed by atoms with Gasteiger partial charge in [0.15, 0.2) is 0 Å². The molecule has 2 aromatic rings. The normalized spacial score (nSPS) is 15.4. The van der Waals surface area contributed by atoms with E-state index in [1.54, 1.807) is 4.90 Å². The molecule has 6 nitrogen and oxygen atoms in total. The van der Waals surface area contributed by atoms with Crippen molar-refractivity contribution in [3.63, 3.8) is 0 Å². The lowest BCUT2D eigenvalue weighted by atomic mass is 10.1. The van der Waals surface area contributed by atoms with Crippen LogP contribution in [0.1, 0.15) is 10.5 Å². The number of methoxy groups -OCH3 is 1. The zero-order valence-electron chi connectivity index (χ0n) is 13.7. The molecule has 0 atom stereocenters. The average Bonchev–Trinajstić information content (AvgIpc) is 2.62. The summed E-state index contributed by atoms with van der Waals surface area (Å²) in [7, 11) is 3.53. The Labute approximate surface area is 139 Å². The van der Waals surface area contributed by atoms with Crippen molar-refractivity contribution in [3.8, 4) is 17.0 Å². The van der Waals surface area contributed by atoms with Gasteiger partial charge >= 0.3 is 0 Å². The highest BCUT2D eigenvalue weighted by Gasteiger charge is 2.22. The van der Waals surface area contributed by atoms with E-state index in [9.17, 15) is 9.18 Å². The number of halogens is 1. The molecule has 0 bridgehead atoms. The van der Waals surface area contributed by atoms with Crippen molar-refractivity contribution in [2.75, 3.05) is 40.3 Å². The lowest BCUT2D eigenvalue weighted by molar-refractivity contribution is 0.0658. The standard InChI is InChI=1S/C17H19FN4O2/c1-21-5-7-22(8-6-21)17(23)15-11-19-10-14(20-15)13-9-12(18)3-4-16(13)24-2/h3-4,9-11H,5-8H2,1-2H3. The molecule has 0 unspecified atom stereocenters. The Morgan fingerprint density at radius 1 is 1.21 bits per heavy atom. The minimum absolute atomic E-state index is 0.159. The molecule has 1 fully saturated rings. The molecule has 0 radical (unpaired) electrons. The van der Waals surface area contributed by atoms with E-state index in [0.717, 1.165) is 13.1 Å². The largest absolute Gasteiger partial charge is 0.496 e. The SMILES string of the molecule is COc1ccc(F)cc1-c1cncc(C(=O)N2CCN(C)CC2)n1. The van der Waals surface area contributed by atoms with Crippen LogP contribution >= 0.6 is 0 Å². The van der Waals surface area contributed by atoms with E-state index < -0.39 is 5.82 Å². The van der Waals surface area contributed by atoms with E-state index in [-0.39, 0.29) is 11.6 Å². The van der Waals surface area contributed by atoms with Gasteiger partial charge in [0, 0.05) is 31.7 Å². The van der Waals surface area contributed by atoms with Crippen molar-refractivity contribution >= 4 is 5.91 Å². The average molecular weight is 330 g/mol. The third-order valence-corrected chi connectivity index (χ3v) is 4.08. The first-order valence-corrected chi connectivity index (χ1v) is 7.72. The van der Waals surface area contributed by atoms with Crippen LogP contribution < -0.4 is 4.74 Å². The molecule has 1 aromatic heterocycles. The summed E-state index contributed by atoms with van der Waals surface area (Å²) in [4.78, 5) is 25.0. The molecule has 0 N–H and O–H groups in total. The summed E-state index contributed by atoms with van der Waals surface area (Å²) in [5.74, 6) is -0.0777. The number of nitrogens with zero attached hydrogens (tertiary/aromatic N) is 4. The fourth-order valence-electron chi connectivity index (χ4n) is 2.65. The van der Waals surface area contributed by atoms with Gasteiger partial charge in [0.1, 0.15) is 17.3 Å². The molecule has 2 heterocycles. The Bertz CT molecular complexity index is 745. The van der Waals surface area contributed by atoms with Crippen molar-refractivity contribution in [2.24, 2.45) is 0 Å². The molecule has 1 aliphatic heterocycles. The molecular weight excluding hydrogens is 311 g/mol. The first-order chi connectivity index (χ1) is 11.6. The van der Waals surface area contributed by atoms with E-state index in [1.165, 1.54) is 37.7 Å². The number of aromatic nitrogens is 2. The summed E-state index contributed by atoms with van der Waals surface area (Å²) in [5, 5.41) is 0. The van der Waals surface area contributed by atoms with Crippen LogP contribution in [0.5, 0.6) is 5.75 Å². The highest BCUT2D eigenvalue weighted by atomic mass is 19.1. The molecule has 24 heavy (non-hydrogen) atoms. The quantitative estimate of drug-likeness (QED) is 0.857. The molecule has 1 aromatic carbocycles. The summed E-state index contributed by atoms with van der Waals surface area (Å²) in [6, 6.07) is 4.17. The number of carbonyl (C=O) groups is 1. The highest BCUT2D eigenvalue weighted by molar-refractivity contribution is 5.92. The van der Waals surface area contributed by atoms with E-state index in [1.807, 2.05) is 7.05 Å². The molecule has 1 aliphatic rings. The zero-order valence-corrected chi connectivity index (χ0v) is 13.7. The Morgan fingerprint density at radius 2 is 1.96 bits per heavy atom. The first kappa shape index (κ1) is 16.3. The lowest BCUT2D eigenvalue weighted by Gasteiger charge is -2.32. The van der Waals surface area contributed by atoms with Crippen LogP contribution in [0, 0.1) is 5.82 Å². The summed E-state index contributed by atoms with van der Waals surface area (Å²) >= 11 is 0. The van der Waals surface area contributed by atoms with E-state index in [2.05, 4.69) is 14.9 Å². The molecule has 1 saturated heterocycles. The number of hydrogen-bond acceptors (Lipinski definition) is 5. The molecule has 0 spiro atoms. The monoisotopic (exact) mass is 330 g/mol. The second-order valence-electron chi connectivity index (χ2n) is 5.73. The Hall–Kier alpha value is -2.54. The van der Waals surface area contributed by atoms with Crippen LogP contribution in [0.15, 0.2) is 30.6 Å². The van der Waals surface area contributed by atoms with Gasteiger partial charge in [-0.2, -0.15) is 0 Å². The molecule has 126 valence electrons. The number of hydrogen-bond donors (Lipinski definition) is 0. The Kier molecular flexibility index (Phi) is 4.71. The van der Waals surface area contributed by atoms with Crippen LogP contribution in [-0.2, 0) is 0 Å². The number of carbonyl (C=O) groups excluding carboxylic acids is 1. The lowest BCUT2D eigenvalue weighted by Crippen LogP contribution is -2.47. The maximum atomic E-state index is 13.6. The van der Waals surface area contributed by atoms with Gasteiger partial charge in [-0.15, -0.1) is 0 Å². The van der Waals surface area contributed by atoms with Gasteiger partial charge < -0.3 is 14.5 Å². The number of ether oxygens (including phenoxy) is 1. The van der Waals surface area contributed by atoms with Crippen molar-refractivity contribution in [3.05, 3.63) is 42.1 Å². The molecule has 1 amide bonds. The summed E-state index contributed by atoms with van der Waals surface area (Å²) < 4.78 is 18.8. The predicted molar refractivity (Wildman–Crippen MR) is 87.4 cm³/mol. The van der Waals surface area contributed by atoms with Gasteiger partial charge in [0.05, 0.1) is 25.2 Å². The van der Waals surface area contributed by atoms with Gasteiger partial charge in [-0.05, 0) is 25.2 Å². The first-order valence-electron chi connectivity index (χ1n) is 7.72. The van der Waals surface area contributed by atoms with Crippen LogP contribution in [0.25, 0.3) is 11.3 Å². The fourth-order valence-corrected chi connectivity index (χ4v) is 2.65. The van der Waals surface area contributed by atoms with Gasteiger partial charge in [0.2, 0.25) is 0 Å². The predicted octanol–water partition coefficient (Wildman–Crippen LogP) is 1.68. The number of rotatable bonds is 3. The minimum atomic E-state index is -0.400.